The lowest BCUT2D eigenvalue weighted by Crippen LogP contribution is -2.41. The van der Waals surface area contributed by atoms with Gasteiger partial charge in [0.15, 0.2) is 0 Å². The number of amides is 1. The van der Waals surface area contributed by atoms with Gasteiger partial charge < -0.3 is 9.88 Å². The molecule has 6 heteroatoms. The van der Waals surface area contributed by atoms with Crippen LogP contribution in [0.25, 0.3) is 10.9 Å². The summed E-state index contributed by atoms with van der Waals surface area (Å²) in [6.45, 7) is 2.57. The number of carbonyl (C=O) groups excluding carboxylic acids is 1. The summed E-state index contributed by atoms with van der Waals surface area (Å²) in [4.78, 5) is 26.9. The summed E-state index contributed by atoms with van der Waals surface area (Å²) in [6, 6.07) is 16.0. The van der Waals surface area contributed by atoms with Crippen molar-refractivity contribution in [3.63, 3.8) is 0 Å². The van der Waals surface area contributed by atoms with Gasteiger partial charge in [-0.3, -0.25) is 9.78 Å². The molecule has 5 rings (SSSR count). The molecular weight excluding hydrogens is 384 g/mol. The fourth-order valence-electron chi connectivity index (χ4n) is 4.32. The van der Waals surface area contributed by atoms with Gasteiger partial charge in [0.25, 0.3) is 5.91 Å². The Labute approximate surface area is 173 Å². The molecule has 0 radical (unpaired) electrons. The van der Waals surface area contributed by atoms with Gasteiger partial charge in [-0.05, 0) is 30.2 Å². The van der Waals surface area contributed by atoms with Crippen molar-refractivity contribution in [1.82, 2.24) is 19.9 Å². The van der Waals surface area contributed by atoms with Gasteiger partial charge in [0.2, 0.25) is 0 Å². The molecule has 1 aliphatic heterocycles. The average molecular weight is 403 g/mol. The average Bonchev–Trinajstić information content (AvgIpc) is 3.15. The zero-order valence-corrected chi connectivity index (χ0v) is 16.6. The zero-order chi connectivity index (χ0) is 20.0. The SMILES string of the molecule is CC1c2[nH]c3ccccc3c2C(c2ccccc2Cl)CN1C(=O)c1cnccn1. The number of benzene rings is 2. The predicted octanol–water partition coefficient (Wildman–Crippen LogP) is 4.96. The van der Waals surface area contributed by atoms with Crippen molar-refractivity contribution < 1.29 is 4.79 Å². The number of rotatable bonds is 2. The lowest BCUT2D eigenvalue weighted by molar-refractivity contribution is 0.0655. The van der Waals surface area contributed by atoms with Crippen LogP contribution in [0.15, 0.2) is 67.1 Å². The molecule has 3 heterocycles. The third-order valence-corrected chi connectivity index (χ3v) is 6.06. The summed E-state index contributed by atoms with van der Waals surface area (Å²) in [5.41, 5.74) is 4.68. The fourth-order valence-corrected chi connectivity index (χ4v) is 4.59. The lowest BCUT2D eigenvalue weighted by atomic mass is 9.83. The molecule has 0 fully saturated rings. The topological polar surface area (TPSA) is 61.9 Å². The zero-order valence-electron chi connectivity index (χ0n) is 15.8. The van der Waals surface area contributed by atoms with E-state index < -0.39 is 0 Å². The largest absolute Gasteiger partial charge is 0.356 e. The number of aromatic amines is 1. The standard InChI is InChI=1S/C23H19ClN4O/c1-14-22-21(16-7-3-5-9-19(16)27-22)17(15-6-2-4-8-18(15)24)13-28(14)23(29)20-12-25-10-11-26-20/h2-12,14,17,27H,13H2,1H3. The Kier molecular flexibility index (Phi) is 4.32. The highest BCUT2D eigenvalue weighted by molar-refractivity contribution is 6.31. The van der Waals surface area contributed by atoms with Gasteiger partial charge in [0.1, 0.15) is 5.69 Å². The molecule has 2 unspecified atom stereocenters. The molecule has 5 nitrogen and oxygen atoms in total. The molecule has 1 amide bonds. The van der Waals surface area contributed by atoms with E-state index in [0.717, 1.165) is 16.8 Å². The molecule has 29 heavy (non-hydrogen) atoms. The minimum atomic E-state index is -0.132. The van der Waals surface area contributed by atoms with Gasteiger partial charge in [-0.2, -0.15) is 0 Å². The normalized spacial score (nSPS) is 18.6. The second kappa shape index (κ2) is 7.01. The molecule has 0 aliphatic carbocycles. The number of halogens is 1. The van der Waals surface area contributed by atoms with E-state index in [1.807, 2.05) is 48.2 Å². The van der Waals surface area contributed by atoms with Gasteiger partial charge in [-0.1, -0.05) is 48.0 Å². The number of H-pyrrole nitrogens is 1. The summed E-state index contributed by atoms with van der Waals surface area (Å²) in [5.74, 6) is -0.168. The number of nitrogens with zero attached hydrogens (tertiary/aromatic N) is 3. The highest BCUT2D eigenvalue weighted by atomic mass is 35.5. The minimum absolute atomic E-state index is 0.0355. The number of carbonyl (C=O) groups is 1. The molecule has 2 atom stereocenters. The first-order valence-electron chi connectivity index (χ1n) is 9.57. The van der Waals surface area contributed by atoms with Gasteiger partial charge >= 0.3 is 0 Å². The van der Waals surface area contributed by atoms with Gasteiger partial charge in [0, 0.05) is 46.5 Å². The second-order valence-corrected chi connectivity index (χ2v) is 7.70. The minimum Gasteiger partial charge on any atom is -0.356 e. The fraction of sp³-hybridized carbons (Fsp3) is 0.174. The Morgan fingerprint density at radius 3 is 2.72 bits per heavy atom. The number of hydrogen-bond acceptors (Lipinski definition) is 3. The van der Waals surface area contributed by atoms with Crippen molar-refractivity contribution in [3.8, 4) is 0 Å². The molecule has 0 saturated carbocycles. The molecule has 4 aromatic rings. The molecule has 2 aromatic heterocycles. The lowest BCUT2D eigenvalue weighted by Gasteiger charge is -2.38. The van der Waals surface area contributed by atoms with E-state index in [0.29, 0.717) is 17.3 Å². The number of fused-ring (bicyclic) bond motifs is 3. The van der Waals surface area contributed by atoms with E-state index in [-0.39, 0.29) is 17.9 Å². The Hall–Kier alpha value is -3.18. The number of para-hydroxylation sites is 1. The van der Waals surface area contributed by atoms with E-state index in [4.69, 9.17) is 11.6 Å². The van der Waals surface area contributed by atoms with Crippen molar-refractivity contribution in [2.24, 2.45) is 0 Å². The number of nitrogens with one attached hydrogen (secondary N) is 1. The van der Waals surface area contributed by atoms with Crippen LogP contribution >= 0.6 is 11.6 Å². The van der Waals surface area contributed by atoms with Gasteiger partial charge in [-0.15, -0.1) is 0 Å². The Morgan fingerprint density at radius 2 is 1.93 bits per heavy atom. The summed E-state index contributed by atoms with van der Waals surface area (Å²) in [5, 5.41) is 1.88. The van der Waals surface area contributed by atoms with Crippen LogP contribution in [0.3, 0.4) is 0 Å². The summed E-state index contributed by atoms with van der Waals surface area (Å²) < 4.78 is 0. The Morgan fingerprint density at radius 1 is 1.14 bits per heavy atom. The molecular formula is C23H19ClN4O. The van der Waals surface area contributed by atoms with E-state index in [9.17, 15) is 4.79 Å². The molecule has 0 spiro atoms. The molecule has 1 N–H and O–H groups in total. The van der Waals surface area contributed by atoms with E-state index in [2.05, 4.69) is 27.1 Å². The quantitative estimate of drug-likeness (QED) is 0.515. The van der Waals surface area contributed by atoms with E-state index in [1.165, 1.54) is 17.1 Å². The maximum absolute atomic E-state index is 13.3. The summed E-state index contributed by atoms with van der Waals surface area (Å²) >= 11 is 6.59. The first-order chi connectivity index (χ1) is 14.1. The monoisotopic (exact) mass is 402 g/mol. The highest BCUT2D eigenvalue weighted by Crippen LogP contribution is 2.44. The van der Waals surface area contributed by atoms with Crippen LogP contribution in [0.4, 0.5) is 0 Å². The molecule has 0 bridgehead atoms. The van der Waals surface area contributed by atoms with Crippen LogP contribution in [0.2, 0.25) is 5.02 Å². The van der Waals surface area contributed by atoms with Crippen LogP contribution in [0, 0.1) is 0 Å². The first-order valence-corrected chi connectivity index (χ1v) is 9.95. The third kappa shape index (κ3) is 2.89. The Balaban J connectivity index is 1.69. The van der Waals surface area contributed by atoms with Crippen LogP contribution in [-0.4, -0.2) is 32.3 Å². The molecule has 2 aromatic carbocycles. The first kappa shape index (κ1) is 17.9. The van der Waals surface area contributed by atoms with Crippen LogP contribution < -0.4 is 0 Å². The van der Waals surface area contributed by atoms with Gasteiger partial charge in [0.05, 0.1) is 12.2 Å². The van der Waals surface area contributed by atoms with Crippen molar-refractivity contribution >= 4 is 28.4 Å². The third-order valence-electron chi connectivity index (χ3n) is 5.71. The predicted molar refractivity (Wildman–Crippen MR) is 113 cm³/mol. The van der Waals surface area contributed by atoms with Crippen LogP contribution in [0.1, 0.15) is 46.2 Å². The van der Waals surface area contributed by atoms with Crippen molar-refractivity contribution in [2.45, 2.75) is 18.9 Å². The van der Waals surface area contributed by atoms with Crippen LogP contribution in [-0.2, 0) is 0 Å². The van der Waals surface area contributed by atoms with Gasteiger partial charge in [-0.25, -0.2) is 4.98 Å². The highest BCUT2D eigenvalue weighted by Gasteiger charge is 2.38. The molecule has 144 valence electrons. The van der Waals surface area contributed by atoms with Crippen molar-refractivity contribution in [1.29, 1.82) is 0 Å². The van der Waals surface area contributed by atoms with E-state index in [1.54, 1.807) is 12.4 Å². The smallest absolute Gasteiger partial charge is 0.274 e. The summed E-state index contributed by atoms with van der Waals surface area (Å²) in [7, 11) is 0. The van der Waals surface area contributed by atoms with Crippen molar-refractivity contribution in [3.05, 3.63) is 94.7 Å². The summed E-state index contributed by atoms with van der Waals surface area (Å²) in [6.07, 6.45) is 4.63. The maximum atomic E-state index is 13.3. The molecule has 0 saturated heterocycles. The molecule has 1 aliphatic rings. The van der Waals surface area contributed by atoms with Crippen molar-refractivity contribution in [2.75, 3.05) is 6.54 Å². The Bertz CT molecular complexity index is 1200. The maximum Gasteiger partial charge on any atom is 0.274 e. The van der Waals surface area contributed by atoms with Crippen LogP contribution in [0.5, 0.6) is 0 Å². The van der Waals surface area contributed by atoms with E-state index >= 15 is 0 Å². The number of aromatic nitrogens is 3. The number of hydrogen-bond donors (Lipinski definition) is 1. The second-order valence-electron chi connectivity index (χ2n) is 7.30.